The van der Waals surface area contributed by atoms with Crippen LogP contribution in [0.25, 0.3) is 0 Å². The normalized spacial score (nSPS) is 15.1. The van der Waals surface area contributed by atoms with Crippen LogP contribution < -0.4 is 11.1 Å². The zero-order valence-corrected chi connectivity index (χ0v) is 8.97. The second-order valence-electron chi connectivity index (χ2n) is 3.65. The molecule has 0 aliphatic carbocycles. The minimum absolute atomic E-state index is 0.0119. The summed E-state index contributed by atoms with van der Waals surface area (Å²) in [4.78, 5) is 11.3. The Hall–Kier alpha value is -0.570. The molecule has 0 fully saturated rings. The van der Waals surface area contributed by atoms with Gasteiger partial charge in [-0.15, -0.1) is 0 Å². The van der Waals surface area contributed by atoms with E-state index in [0.717, 1.165) is 25.8 Å². The second kappa shape index (κ2) is 6.89. The molecule has 78 valence electrons. The van der Waals surface area contributed by atoms with Crippen molar-refractivity contribution in [3.63, 3.8) is 0 Å². The molecule has 0 radical (unpaired) electrons. The first kappa shape index (κ1) is 12.4. The van der Waals surface area contributed by atoms with Gasteiger partial charge in [0.05, 0.1) is 6.04 Å². The lowest BCUT2D eigenvalue weighted by molar-refractivity contribution is -0.122. The van der Waals surface area contributed by atoms with Gasteiger partial charge in [0.1, 0.15) is 0 Å². The van der Waals surface area contributed by atoms with Crippen molar-refractivity contribution in [1.29, 1.82) is 0 Å². The number of hydrogen-bond acceptors (Lipinski definition) is 2. The van der Waals surface area contributed by atoms with Crippen molar-refractivity contribution in [2.45, 2.75) is 46.1 Å². The summed E-state index contributed by atoms with van der Waals surface area (Å²) in [5.74, 6) is 0.528. The molecule has 2 atom stereocenters. The Morgan fingerprint density at radius 1 is 1.46 bits per heavy atom. The lowest BCUT2D eigenvalue weighted by atomic mass is 10.1. The third-order valence-corrected chi connectivity index (χ3v) is 2.26. The zero-order valence-electron chi connectivity index (χ0n) is 8.97. The largest absolute Gasteiger partial charge is 0.354 e. The van der Waals surface area contributed by atoms with Crippen LogP contribution in [0.5, 0.6) is 0 Å². The van der Waals surface area contributed by atoms with Crippen LogP contribution in [0, 0.1) is 5.92 Å². The Labute approximate surface area is 81.1 Å². The van der Waals surface area contributed by atoms with Crippen molar-refractivity contribution in [2.75, 3.05) is 6.54 Å². The third-order valence-electron chi connectivity index (χ3n) is 2.26. The van der Waals surface area contributed by atoms with E-state index >= 15 is 0 Å². The molecule has 0 aromatic rings. The fraction of sp³-hybridized carbons (Fsp3) is 0.900. The van der Waals surface area contributed by atoms with Gasteiger partial charge in [-0.3, -0.25) is 4.79 Å². The molecular formula is C10H22N2O. The summed E-state index contributed by atoms with van der Waals surface area (Å²) >= 11 is 0. The van der Waals surface area contributed by atoms with Crippen LogP contribution in [-0.2, 0) is 4.79 Å². The summed E-state index contributed by atoms with van der Waals surface area (Å²) in [6.45, 7) is 7.00. The van der Waals surface area contributed by atoms with E-state index in [2.05, 4.69) is 19.2 Å². The van der Waals surface area contributed by atoms with E-state index in [1.165, 1.54) is 0 Å². The highest BCUT2D eigenvalue weighted by molar-refractivity contribution is 5.81. The quantitative estimate of drug-likeness (QED) is 0.656. The van der Waals surface area contributed by atoms with E-state index in [4.69, 9.17) is 5.73 Å². The van der Waals surface area contributed by atoms with E-state index in [1.54, 1.807) is 0 Å². The predicted octanol–water partition coefficient (Wildman–Crippen LogP) is 1.28. The van der Waals surface area contributed by atoms with Crippen LogP contribution >= 0.6 is 0 Å². The maximum atomic E-state index is 11.3. The second-order valence-corrected chi connectivity index (χ2v) is 3.65. The lowest BCUT2D eigenvalue weighted by Gasteiger charge is -2.13. The first-order chi connectivity index (χ1) is 6.11. The number of carbonyl (C=O) groups is 1. The highest BCUT2D eigenvalue weighted by Crippen LogP contribution is 1.98. The number of nitrogens with one attached hydrogen (secondary N) is 1. The van der Waals surface area contributed by atoms with Crippen molar-refractivity contribution >= 4 is 5.91 Å². The van der Waals surface area contributed by atoms with Crippen LogP contribution in [0.1, 0.15) is 40.0 Å². The summed E-state index contributed by atoms with van der Waals surface area (Å²) in [6.07, 6.45) is 2.81. The van der Waals surface area contributed by atoms with E-state index in [9.17, 15) is 4.79 Å². The van der Waals surface area contributed by atoms with Gasteiger partial charge >= 0.3 is 0 Å². The zero-order chi connectivity index (χ0) is 10.3. The standard InChI is InChI=1S/C10H22N2O/c1-4-6-9(11)10(13)12-7-8(3)5-2/h8-9H,4-7,11H2,1-3H3,(H,12,13). The van der Waals surface area contributed by atoms with Gasteiger partial charge in [-0.1, -0.05) is 33.6 Å². The van der Waals surface area contributed by atoms with Crippen molar-refractivity contribution in [2.24, 2.45) is 11.7 Å². The number of nitrogens with two attached hydrogens (primary N) is 1. The molecule has 0 spiro atoms. The smallest absolute Gasteiger partial charge is 0.236 e. The van der Waals surface area contributed by atoms with Crippen molar-refractivity contribution < 1.29 is 4.79 Å². The monoisotopic (exact) mass is 186 g/mol. The highest BCUT2D eigenvalue weighted by atomic mass is 16.2. The Bertz CT molecular complexity index is 148. The molecule has 3 heteroatoms. The molecule has 0 bridgehead atoms. The van der Waals surface area contributed by atoms with Gasteiger partial charge in [-0.05, 0) is 12.3 Å². The minimum atomic E-state index is -0.325. The summed E-state index contributed by atoms with van der Waals surface area (Å²) in [7, 11) is 0. The van der Waals surface area contributed by atoms with Gasteiger partial charge in [0, 0.05) is 6.54 Å². The Morgan fingerprint density at radius 3 is 2.54 bits per heavy atom. The molecule has 0 saturated carbocycles. The maximum Gasteiger partial charge on any atom is 0.236 e. The fourth-order valence-electron chi connectivity index (χ4n) is 0.992. The van der Waals surface area contributed by atoms with Gasteiger partial charge < -0.3 is 11.1 Å². The highest BCUT2D eigenvalue weighted by Gasteiger charge is 2.11. The Kier molecular flexibility index (Phi) is 6.59. The molecule has 3 nitrogen and oxygen atoms in total. The van der Waals surface area contributed by atoms with E-state index in [1.807, 2.05) is 6.92 Å². The van der Waals surface area contributed by atoms with Gasteiger partial charge in [-0.25, -0.2) is 0 Å². The van der Waals surface area contributed by atoms with Crippen molar-refractivity contribution in [3.8, 4) is 0 Å². The van der Waals surface area contributed by atoms with Crippen LogP contribution in [-0.4, -0.2) is 18.5 Å². The molecule has 0 aromatic carbocycles. The van der Waals surface area contributed by atoms with Crippen LogP contribution in [0.3, 0.4) is 0 Å². The van der Waals surface area contributed by atoms with Crippen molar-refractivity contribution in [3.05, 3.63) is 0 Å². The maximum absolute atomic E-state index is 11.3. The molecule has 0 aromatic heterocycles. The van der Waals surface area contributed by atoms with Gasteiger partial charge in [0.15, 0.2) is 0 Å². The molecule has 0 rings (SSSR count). The summed E-state index contributed by atoms with van der Waals surface area (Å²) in [5.41, 5.74) is 5.64. The van der Waals surface area contributed by atoms with E-state index in [0.29, 0.717) is 5.92 Å². The molecule has 1 amide bonds. The Morgan fingerprint density at radius 2 is 2.08 bits per heavy atom. The third kappa shape index (κ3) is 5.64. The minimum Gasteiger partial charge on any atom is -0.354 e. The molecule has 2 unspecified atom stereocenters. The summed E-state index contributed by atoms with van der Waals surface area (Å²) in [5, 5.41) is 2.85. The molecule has 13 heavy (non-hydrogen) atoms. The van der Waals surface area contributed by atoms with Crippen molar-refractivity contribution in [1.82, 2.24) is 5.32 Å². The van der Waals surface area contributed by atoms with Gasteiger partial charge in [0.25, 0.3) is 0 Å². The Balaban J connectivity index is 3.61. The molecule has 0 saturated heterocycles. The lowest BCUT2D eigenvalue weighted by Crippen LogP contribution is -2.41. The van der Waals surface area contributed by atoms with Crippen LogP contribution in [0.2, 0.25) is 0 Å². The molecule has 0 heterocycles. The topological polar surface area (TPSA) is 55.1 Å². The fourth-order valence-corrected chi connectivity index (χ4v) is 0.992. The first-order valence-corrected chi connectivity index (χ1v) is 5.15. The summed E-state index contributed by atoms with van der Waals surface area (Å²) < 4.78 is 0. The molecule has 0 aliphatic heterocycles. The number of carbonyl (C=O) groups excluding carboxylic acids is 1. The SMILES string of the molecule is CCCC(N)C(=O)NCC(C)CC. The average Bonchev–Trinajstić information content (AvgIpc) is 2.13. The molecule has 3 N–H and O–H groups in total. The van der Waals surface area contributed by atoms with Crippen LogP contribution in [0.4, 0.5) is 0 Å². The van der Waals surface area contributed by atoms with Crippen LogP contribution in [0.15, 0.2) is 0 Å². The summed E-state index contributed by atoms with van der Waals surface area (Å²) in [6, 6.07) is -0.325. The van der Waals surface area contributed by atoms with E-state index < -0.39 is 0 Å². The first-order valence-electron chi connectivity index (χ1n) is 5.15. The van der Waals surface area contributed by atoms with Gasteiger partial charge in [-0.2, -0.15) is 0 Å². The predicted molar refractivity (Wildman–Crippen MR) is 55.3 cm³/mol. The number of rotatable bonds is 6. The molecule has 0 aliphatic rings. The van der Waals surface area contributed by atoms with Gasteiger partial charge in [0.2, 0.25) is 5.91 Å². The number of amides is 1. The molecular weight excluding hydrogens is 164 g/mol. The van der Waals surface area contributed by atoms with E-state index in [-0.39, 0.29) is 11.9 Å². The average molecular weight is 186 g/mol. The number of hydrogen-bond donors (Lipinski definition) is 2.